The van der Waals surface area contributed by atoms with Crippen LogP contribution in [0.25, 0.3) is 0 Å². The van der Waals surface area contributed by atoms with Crippen molar-refractivity contribution in [3.05, 3.63) is 48.5 Å². The zero-order valence-electron chi connectivity index (χ0n) is 14.1. The zero-order chi connectivity index (χ0) is 16.6. The molecule has 0 radical (unpaired) electrons. The van der Waals surface area contributed by atoms with E-state index in [4.69, 9.17) is 9.84 Å². The van der Waals surface area contributed by atoms with Gasteiger partial charge in [-0.25, -0.2) is 0 Å². The minimum Gasteiger partial charge on any atom is -0.481 e. The zero-order valence-corrected chi connectivity index (χ0v) is 14.1. The second kappa shape index (κ2) is 13.9. The Kier molecular flexibility index (Phi) is 11.6. The molecule has 0 aromatic heterocycles. The van der Waals surface area contributed by atoms with Crippen molar-refractivity contribution < 1.29 is 14.6 Å². The third-order valence-corrected chi connectivity index (χ3v) is 3.75. The van der Waals surface area contributed by atoms with Crippen molar-refractivity contribution in [1.82, 2.24) is 0 Å². The van der Waals surface area contributed by atoms with Gasteiger partial charge in [0.1, 0.15) is 6.26 Å². The molecule has 1 N–H and O–H groups in total. The van der Waals surface area contributed by atoms with Crippen LogP contribution in [0.15, 0.2) is 48.5 Å². The SMILES string of the molecule is O=C(O)CCCCCCCCCCCC=CC=CC=CC1=CO1. The smallest absolute Gasteiger partial charge is 0.303 e. The molecule has 0 spiro atoms. The monoisotopic (exact) mass is 318 g/mol. The number of aliphatic carboxylic acids is 1. The molecule has 128 valence electrons. The summed E-state index contributed by atoms with van der Waals surface area (Å²) in [5, 5.41) is 8.53. The fourth-order valence-corrected chi connectivity index (χ4v) is 2.34. The second-order valence-electron chi connectivity index (χ2n) is 5.92. The van der Waals surface area contributed by atoms with Crippen LogP contribution in [0.5, 0.6) is 0 Å². The van der Waals surface area contributed by atoms with Crippen molar-refractivity contribution in [2.24, 2.45) is 0 Å². The first-order valence-electron chi connectivity index (χ1n) is 8.87. The molecular formula is C20H30O3. The van der Waals surface area contributed by atoms with Crippen LogP contribution in [0.2, 0.25) is 0 Å². The largest absolute Gasteiger partial charge is 0.481 e. The molecule has 23 heavy (non-hydrogen) atoms. The van der Waals surface area contributed by atoms with E-state index >= 15 is 0 Å². The fourth-order valence-electron chi connectivity index (χ4n) is 2.34. The van der Waals surface area contributed by atoms with E-state index < -0.39 is 5.97 Å². The standard InChI is InChI=1S/C20H30O3/c21-20(22)17-15-13-11-9-7-5-3-1-2-4-6-8-10-12-14-16-19-18-23-19/h6,8,10,12,14,16,18H,1-5,7,9,11,13,15,17H2,(H,21,22). The maximum absolute atomic E-state index is 10.4. The number of rotatable bonds is 15. The van der Waals surface area contributed by atoms with Crippen molar-refractivity contribution in [1.29, 1.82) is 0 Å². The van der Waals surface area contributed by atoms with E-state index in [2.05, 4.69) is 12.2 Å². The number of hydrogen-bond donors (Lipinski definition) is 1. The predicted molar refractivity (Wildman–Crippen MR) is 95.0 cm³/mol. The summed E-state index contributed by atoms with van der Waals surface area (Å²) in [5.41, 5.74) is 0. The van der Waals surface area contributed by atoms with Gasteiger partial charge in [-0.15, -0.1) is 0 Å². The van der Waals surface area contributed by atoms with E-state index in [9.17, 15) is 4.79 Å². The Morgan fingerprint density at radius 1 is 0.870 bits per heavy atom. The van der Waals surface area contributed by atoms with Gasteiger partial charge in [0.15, 0.2) is 5.76 Å². The lowest BCUT2D eigenvalue weighted by Gasteiger charge is -2.01. The minimum atomic E-state index is -0.670. The molecule has 0 unspecified atom stereocenters. The normalized spacial score (nSPS) is 13.8. The molecule has 3 heteroatoms. The summed E-state index contributed by atoms with van der Waals surface area (Å²) in [6.07, 6.45) is 26.3. The van der Waals surface area contributed by atoms with Crippen LogP contribution in [0.3, 0.4) is 0 Å². The van der Waals surface area contributed by atoms with Gasteiger partial charge in [-0.2, -0.15) is 0 Å². The van der Waals surface area contributed by atoms with Gasteiger partial charge in [0.2, 0.25) is 0 Å². The summed E-state index contributed by atoms with van der Waals surface area (Å²) in [7, 11) is 0. The third kappa shape index (κ3) is 14.9. The van der Waals surface area contributed by atoms with Crippen molar-refractivity contribution in [3.8, 4) is 0 Å². The highest BCUT2D eigenvalue weighted by Gasteiger charge is 2.01. The van der Waals surface area contributed by atoms with Gasteiger partial charge in [-0.1, -0.05) is 75.3 Å². The fraction of sp³-hybridized carbons (Fsp3) is 0.550. The van der Waals surface area contributed by atoms with Crippen molar-refractivity contribution in [3.63, 3.8) is 0 Å². The van der Waals surface area contributed by atoms with E-state index in [1.165, 1.54) is 44.9 Å². The van der Waals surface area contributed by atoms with E-state index in [1.807, 2.05) is 24.3 Å². The number of hydrogen-bond acceptors (Lipinski definition) is 2. The molecular weight excluding hydrogens is 288 g/mol. The molecule has 0 saturated heterocycles. The summed E-state index contributed by atoms with van der Waals surface area (Å²) < 4.78 is 4.87. The van der Waals surface area contributed by atoms with Gasteiger partial charge < -0.3 is 9.84 Å². The maximum atomic E-state index is 10.4. The first-order chi connectivity index (χ1) is 11.3. The highest BCUT2D eigenvalue weighted by atomic mass is 16.5. The number of unbranched alkanes of at least 4 members (excludes halogenated alkanes) is 9. The van der Waals surface area contributed by atoms with Crippen LogP contribution < -0.4 is 0 Å². The predicted octanol–water partition coefficient (Wildman–Crippen LogP) is 5.90. The van der Waals surface area contributed by atoms with Gasteiger partial charge >= 0.3 is 5.97 Å². The Hall–Kier alpha value is -1.77. The van der Waals surface area contributed by atoms with Crippen LogP contribution in [0, 0.1) is 0 Å². The molecule has 0 aliphatic carbocycles. The molecule has 0 aromatic rings. The molecule has 1 rings (SSSR count). The molecule has 3 nitrogen and oxygen atoms in total. The lowest BCUT2D eigenvalue weighted by Crippen LogP contribution is -1.93. The van der Waals surface area contributed by atoms with Gasteiger partial charge in [0.25, 0.3) is 0 Å². The molecule has 0 bridgehead atoms. The van der Waals surface area contributed by atoms with Crippen molar-refractivity contribution >= 4 is 5.97 Å². The highest BCUT2D eigenvalue weighted by Crippen LogP contribution is 2.13. The van der Waals surface area contributed by atoms with E-state index in [-0.39, 0.29) is 0 Å². The first kappa shape index (κ1) is 19.3. The minimum absolute atomic E-state index is 0.325. The Balaban J connectivity index is 1.75. The van der Waals surface area contributed by atoms with Gasteiger partial charge in [0, 0.05) is 6.42 Å². The Bertz CT molecular complexity index is 430. The van der Waals surface area contributed by atoms with Crippen LogP contribution >= 0.6 is 0 Å². The number of carboxylic acids is 1. The van der Waals surface area contributed by atoms with Crippen molar-refractivity contribution in [2.75, 3.05) is 0 Å². The lowest BCUT2D eigenvalue weighted by atomic mass is 10.1. The Morgan fingerprint density at radius 3 is 2.04 bits per heavy atom. The van der Waals surface area contributed by atoms with Crippen LogP contribution in [-0.4, -0.2) is 11.1 Å². The van der Waals surface area contributed by atoms with Crippen molar-refractivity contribution in [2.45, 2.75) is 70.6 Å². The van der Waals surface area contributed by atoms with Crippen LogP contribution in [0.4, 0.5) is 0 Å². The molecule has 0 saturated carbocycles. The summed E-state index contributed by atoms with van der Waals surface area (Å²) in [4.78, 5) is 10.4. The molecule has 0 atom stereocenters. The van der Waals surface area contributed by atoms with Crippen LogP contribution in [0.1, 0.15) is 70.6 Å². The average Bonchev–Trinajstić information content (AvgIpc) is 3.34. The van der Waals surface area contributed by atoms with Gasteiger partial charge in [0.05, 0.1) is 0 Å². The lowest BCUT2D eigenvalue weighted by molar-refractivity contribution is -0.137. The molecule has 1 aliphatic heterocycles. The van der Waals surface area contributed by atoms with E-state index in [0.717, 1.165) is 25.0 Å². The quantitative estimate of drug-likeness (QED) is 0.302. The molecule has 0 aromatic carbocycles. The topological polar surface area (TPSA) is 49.8 Å². The number of carboxylic acid groups (broad SMARTS) is 1. The summed E-state index contributed by atoms with van der Waals surface area (Å²) in [6.45, 7) is 0. The third-order valence-electron chi connectivity index (χ3n) is 3.75. The Morgan fingerprint density at radius 2 is 1.43 bits per heavy atom. The number of allylic oxidation sites excluding steroid dienone is 6. The summed E-state index contributed by atoms with van der Waals surface area (Å²) >= 11 is 0. The van der Waals surface area contributed by atoms with Crippen LogP contribution in [-0.2, 0) is 9.53 Å². The number of ether oxygens (including phenoxy) is 1. The average molecular weight is 318 g/mol. The molecule has 1 aliphatic rings. The first-order valence-corrected chi connectivity index (χ1v) is 8.87. The van der Waals surface area contributed by atoms with Gasteiger partial charge in [-0.05, 0) is 25.3 Å². The summed E-state index contributed by atoms with van der Waals surface area (Å²) in [5.74, 6) is 0.274. The summed E-state index contributed by atoms with van der Waals surface area (Å²) in [6, 6.07) is 0. The maximum Gasteiger partial charge on any atom is 0.303 e. The van der Waals surface area contributed by atoms with Gasteiger partial charge in [-0.3, -0.25) is 4.79 Å². The highest BCUT2D eigenvalue weighted by molar-refractivity contribution is 5.66. The Labute approximate surface area is 140 Å². The van der Waals surface area contributed by atoms with E-state index in [1.54, 1.807) is 6.26 Å². The molecule has 1 heterocycles. The molecule has 0 amide bonds. The second-order valence-corrected chi connectivity index (χ2v) is 5.92. The van der Waals surface area contributed by atoms with E-state index in [0.29, 0.717) is 6.42 Å². The molecule has 0 fully saturated rings. The number of carbonyl (C=O) groups is 1.